The second kappa shape index (κ2) is 11.7. The third kappa shape index (κ3) is 5.27. The summed E-state index contributed by atoms with van der Waals surface area (Å²) in [5, 5.41) is 12.8. The van der Waals surface area contributed by atoms with Crippen LogP contribution in [0.25, 0.3) is 0 Å². The molecule has 1 saturated carbocycles. The van der Waals surface area contributed by atoms with E-state index in [1.165, 1.54) is 42.4 Å². The van der Waals surface area contributed by atoms with Crippen LogP contribution in [-0.2, 0) is 15.1 Å². The maximum absolute atomic E-state index is 16.5. The number of methoxy groups -OCH3 is 1. The zero-order valence-corrected chi connectivity index (χ0v) is 25.4. The SMILES string of the molecule is C=C(Br)/C=C\C=C(/F)C1[C@H](C(=O)N(C)c2ccc(C(=O)O)c(OC)c2)CN(CC2CC2)[C@@]12C(=O)Nc1cc(Cl)ccc12. The van der Waals surface area contributed by atoms with E-state index < -0.39 is 41.0 Å². The van der Waals surface area contributed by atoms with Gasteiger partial charge in [0.2, 0.25) is 11.8 Å². The maximum atomic E-state index is 16.5. The first-order valence-corrected chi connectivity index (χ1v) is 14.6. The zero-order chi connectivity index (χ0) is 30.3. The van der Waals surface area contributed by atoms with Crippen molar-refractivity contribution in [2.75, 3.05) is 37.5 Å². The van der Waals surface area contributed by atoms with Gasteiger partial charge in [-0.15, -0.1) is 0 Å². The number of anilines is 2. The van der Waals surface area contributed by atoms with E-state index in [4.69, 9.17) is 16.3 Å². The molecule has 1 spiro atoms. The molecular formula is C31H30BrClFN3O5. The molecule has 220 valence electrons. The zero-order valence-electron chi connectivity index (χ0n) is 23.1. The van der Waals surface area contributed by atoms with Crippen molar-refractivity contribution in [3.05, 3.63) is 87.7 Å². The minimum absolute atomic E-state index is 0.0533. The predicted octanol–water partition coefficient (Wildman–Crippen LogP) is 6.13. The molecule has 2 aromatic rings. The van der Waals surface area contributed by atoms with E-state index in [0.29, 0.717) is 38.9 Å². The largest absolute Gasteiger partial charge is 0.496 e. The smallest absolute Gasteiger partial charge is 0.339 e. The first kappa shape index (κ1) is 30.0. The summed E-state index contributed by atoms with van der Waals surface area (Å²) in [5.41, 5.74) is -0.0917. The Hall–Kier alpha value is -3.47. The summed E-state index contributed by atoms with van der Waals surface area (Å²) < 4.78 is 22.3. The number of hydrogen-bond donors (Lipinski definition) is 2. The maximum Gasteiger partial charge on any atom is 0.339 e. The molecule has 1 unspecified atom stereocenters. The molecule has 2 aliphatic heterocycles. The average molecular weight is 659 g/mol. The summed E-state index contributed by atoms with van der Waals surface area (Å²) in [6.07, 6.45) is 6.32. The molecule has 0 aromatic heterocycles. The van der Waals surface area contributed by atoms with Gasteiger partial charge >= 0.3 is 5.97 Å². The van der Waals surface area contributed by atoms with E-state index in [2.05, 4.69) is 27.8 Å². The number of nitrogens with one attached hydrogen (secondary N) is 1. The predicted molar refractivity (Wildman–Crippen MR) is 163 cm³/mol. The van der Waals surface area contributed by atoms with E-state index in [0.717, 1.165) is 12.8 Å². The van der Waals surface area contributed by atoms with Gasteiger partial charge in [0.15, 0.2) is 0 Å². The van der Waals surface area contributed by atoms with Crippen LogP contribution in [0.3, 0.4) is 0 Å². The van der Waals surface area contributed by atoms with Crippen LogP contribution < -0.4 is 15.0 Å². The van der Waals surface area contributed by atoms with Crippen molar-refractivity contribution in [2.45, 2.75) is 18.4 Å². The Morgan fingerprint density at radius 1 is 1.31 bits per heavy atom. The Labute approximate surface area is 256 Å². The van der Waals surface area contributed by atoms with Crippen LogP contribution in [0.1, 0.15) is 28.8 Å². The molecule has 5 rings (SSSR count). The van der Waals surface area contributed by atoms with Crippen molar-refractivity contribution in [1.29, 1.82) is 0 Å². The standard InChI is InChI=1S/C31H30BrClFN3O5/c1-17(32)5-4-6-24(34)27-22(28(38)36(2)20-10-11-21(29(39)40)26(14-20)42-3)16-37(15-18-7-8-18)31(27)23-12-9-19(33)13-25(23)35-30(31)41/h4-6,9-14,18,22,27H,1,7-8,15-16H2,2-3H3,(H,35,41)(H,39,40)/b5-4-,24-6-/t22-,27?,31-/m1/s1. The van der Waals surface area contributed by atoms with Crippen LogP contribution in [-0.4, -0.2) is 55.0 Å². The van der Waals surface area contributed by atoms with Gasteiger partial charge in [0.1, 0.15) is 22.7 Å². The molecule has 2 fully saturated rings. The summed E-state index contributed by atoms with van der Waals surface area (Å²) in [4.78, 5) is 43.2. The van der Waals surface area contributed by atoms with Gasteiger partial charge < -0.3 is 20.1 Å². The minimum Gasteiger partial charge on any atom is -0.496 e. The Morgan fingerprint density at radius 3 is 2.69 bits per heavy atom. The second-order valence-electron chi connectivity index (χ2n) is 10.8. The van der Waals surface area contributed by atoms with Gasteiger partial charge in [-0.3, -0.25) is 14.5 Å². The van der Waals surface area contributed by atoms with Gasteiger partial charge in [-0.25, -0.2) is 9.18 Å². The molecule has 3 aliphatic rings. The topological polar surface area (TPSA) is 99.2 Å². The number of benzene rings is 2. The van der Waals surface area contributed by atoms with Crippen LogP contribution in [0.5, 0.6) is 5.75 Å². The molecule has 11 heteroatoms. The number of likely N-dealkylation sites (tertiary alicyclic amines) is 1. The highest BCUT2D eigenvalue weighted by Crippen LogP contribution is 2.57. The number of allylic oxidation sites excluding steroid dienone is 4. The van der Waals surface area contributed by atoms with Gasteiger partial charge in [-0.1, -0.05) is 46.3 Å². The fourth-order valence-corrected chi connectivity index (χ4v) is 6.45. The molecule has 8 nitrogen and oxygen atoms in total. The molecule has 3 atom stereocenters. The van der Waals surface area contributed by atoms with Crippen molar-refractivity contribution in [3.63, 3.8) is 0 Å². The van der Waals surface area contributed by atoms with Crippen LogP contribution in [0.4, 0.5) is 15.8 Å². The second-order valence-corrected chi connectivity index (χ2v) is 12.2. The number of rotatable bonds is 9. The summed E-state index contributed by atoms with van der Waals surface area (Å²) in [6, 6.07) is 9.36. The number of nitrogens with zero attached hydrogens (tertiary/aromatic N) is 2. The lowest BCUT2D eigenvalue weighted by Gasteiger charge is -2.37. The summed E-state index contributed by atoms with van der Waals surface area (Å²) >= 11 is 9.49. The number of aromatic carboxylic acids is 1. The highest BCUT2D eigenvalue weighted by atomic mass is 79.9. The first-order chi connectivity index (χ1) is 20.0. The van der Waals surface area contributed by atoms with E-state index in [9.17, 15) is 19.5 Å². The molecule has 2 amide bonds. The Bertz CT molecular complexity index is 1540. The lowest BCUT2D eigenvalue weighted by atomic mass is 9.74. The van der Waals surface area contributed by atoms with E-state index in [1.807, 2.05) is 4.90 Å². The third-order valence-electron chi connectivity index (χ3n) is 8.21. The quantitative estimate of drug-likeness (QED) is 0.315. The summed E-state index contributed by atoms with van der Waals surface area (Å²) in [7, 11) is 2.89. The number of hydrogen-bond acceptors (Lipinski definition) is 5. The van der Waals surface area contributed by atoms with Gasteiger partial charge in [0, 0.05) is 52.6 Å². The van der Waals surface area contributed by atoms with Crippen molar-refractivity contribution >= 4 is 56.7 Å². The summed E-state index contributed by atoms with van der Waals surface area (Å²) in [6.45, 7) is 4.41. The molecule has 2 N–H and O–H groups in total. The lowest BCUT2D eigenvalue weighted by Crippen LogP contribution is -2.52. The van der Waals surface area contributed by atoms with E-state index in [-0.39, 0.29) is 17.9 Å². The van der Waals surface area contributed by atoms with Crippen molar-refractivity contribution in [1.82, 2.24) is 4.90 Å². The fourth-order valence-electron chi connectivity index (χ4n) is 6.12. The fraction of sp³-hybridized carbons (Fsp3) is 0.323. The number of halogens is 3. The normalized spacial score (nSPS) is 23.7. The van der Waals surface area contributed by atoms with Crippen LogP contribution in [0.2, 0.25) is 5.02 Å². The van der Waals surface area contributed by atoms with Crippen molar-refractivity contribution < 1.29 is 28.6 Å². The number of carbonyl (C=O) groups is 3. The minimum atomic E-state index is -1.48. The van der Waals surface area contributed by atoms with Crippen molar-refractivity contribution in [3.8, 4) is 5.75 Å². The number of amides is 2. The Balaban J connectivity index is 1.63. The van der Waals surface area contributed by atoms with Gasteiger partial charge in [-0.05, 0) is 55.2 Å². The van der Waals surface area contributed by atoms with Gasteiger partial charge in [0.05, 0.1) is 18.9 Å². The highest BCUT2D eigenvalue weighted by Gasteiger charge is 2.66. The van der Waals surface area contributed by atoms with Gasteiger partial charge in [0.25, 0.3) is 0 Å². The van der Waals surface area contributed by atoms with Crippen LogP contribution >= 0.6 is 27.5 Å². The molecule has 2 aromatic carbocycles. The van der Waals surface area contributed by atoms with Crippen LogP contribution in [0, 0.1) is 17.8 Å². The van der Waals surface area contributed by atoms with Crippen LogP contribution in [0.15, 0.2) is 71.5 Å². The molecule has 0 radical (unpaired) electrons. The molecule has 1 aliphatic carbocycles. The molecule has 42 heavy (non-hydrogen) atoms. The third-order valence-corrected chi connectivity index (χ3v) is 8.71. The first-order valence-electron chi connectivity index (χ1n) is 13.4. The van der Waals surface area contributed by atoms with Crippen molar-refractivity contribution in [2.24, 2.45) is 17.8 Å². The highest BCUT2D eigenvalue weighted by molar-refractivity contribution is 9.11. The molecule has 0 bridgehead atoms. The Kier molecular flexibility index (Phi) is 8.33. The Morgan fingerprint density at radius 2 is 2.05 bits per heavy atom. The lowest BCUT2D eigenvalue weighted by molar-refractivity contribution is -0.128. The number of carbonyl (C=O) groups excluding carboxylic acids is 2. The molecular weight excluding hydrogens is 629 g/mol. The number of fused-ring (bicyclic) bond motifs is 2. The van der Waals surface area contributed by atoms with E-state index in [1.54, 1.807) is 31.3 Å². The number of ether oxygens (including phenoxy) is 1. The number of carboxylic acid groups (broad SMARTS) is 1. The van der Waals surface area contributed by atoms with E-state index >= 15 is 4.39 Å². The van der Waals surface area contributed by atoms with Gasteiger partial charge in [-0.2, -0.15) is 0 Å². The molecule has 2 heterocycles. The summed E-state index contributed by atoms with van der Waals surface area (Å²) in [5.74, 6) is -4.31. The average Bonchev–Trinajstić information content (AvgIpc) is 3.64. The molecule has 1 saturated heterocycles. The number of carboxylic acids is 1. The monoisotopic (exact) mass is 657 g/mol.